The Hall–Kier alpha value is -1.36. The molecule has 2 saturated heterocycles. The highest BCUT2D eigenvalue weighted by molar-refractivity contribution is 5.46. The number of aromatic nitrogens is 2. The molecule has 0 radical (unpaired) electrons. The van der Waals surface area contributed by atoms with Gasteiger partial charge in [-0.3, -0.25) is 0 Å². The van der Waals surface area contributed by atoms with Gasteiger partial charge in [0.25, 0.3) is 0 Å². The second kappa shape index (κ2) is 4.34. The second-order valence-corrected chi connectivity index (χ2v) is 6.22. The number of nitrogen functional groups attached to an aromatic ring is 1. The lowest BCUT2D eigenvalue weighted by molar-refractivity contribution is 0.411. The minimum Gasteiger partial charge on any atom is -0.368 e. The Morgan fingerprint density at radius 3 is 2.53 bits per heavy atom. The number of fused-ring (bicyclic) bond motifs is 1. The van der Waals surface area contributed by atoms with Crippen LogP contribution in [0.25, 0.3) is 0 Å². The summed E-state index contributed by atoms with van der Waals surface area (Å²) in [6.45, 7) is 4.52. The van der Waals surface area contributed by atoms with Crippen molar-refractivity contribution in [1.29, 1.82) is 0 Å². The number of hydrogen-bond donors (Lipinski definition) is 2. The molecule has 0 bridgehead atoms. The lowest BCUT2D eigenvalue weighted by Crippen LogP contribution is -2.27. The van der Waals surface area contributed by atoms with Crippen LogP contribution in [-0.4, -0.2) is 36.1 Å². The molecule has 3 fully saturated rings. The number of nitrogens with zero attached hydrogens (tertiary/aromatic N) is 3. The van der Waals surface area contributed by atoms with Gasteiger partial charge in [0.2, 0.25) is 5.95 Å². The minimum absolute atomic E-state index is 0.439. The van der Waals surface area contributed by atoms with E-state index in [0.29, 0.717) is 11.9 Å². The second-order valence-electron chi connectivity index (χ2n) is 6.22. The van der Waals surface area contributed by atoms with Gasteiger partial charge in [-0.05, 0) is 24.7 Å². The third-order valence-corrected chi connectivity index (χ3v) is 4.99. The Morgan fingerprint density at radius 1 is 1.16 bits per heavy atom. The van der Waals surface area contributed by atoms with Gasteiger partial charge in [0.05, 0.1) is 5.69 Å². The van der Waals surface area contributed by atoms with E-state index in [1.165, 1.54) is 19.3 Å². The molecule has 3 heterocycles. The quantitative estimate of drug-likeness (QED) is 0.829. The van der Waals surface area contributed by atoms with Crippen molar-refractivity contribution in [1.82, 2.24) is 15.3 Å². The van der Waals surface area contributed by atoms with Gasteiger partial charge in [0, 0.05) is 38.2 Å². The van der Waals surface area contributed by atoms with Crippen LogP contribution in [0.5, 0.6) is 0 Å². The maximum absolute atomic E-state index is 5.90. The molecule has 4 rings (SSSR count). The van der Waals surface area contributed by atoms with E-state index in [9.17, 15) is 0 Å². The number of rotatable bonds is 2. The smallest absolute Gasteiger partial charge is 0.222 e. The average molecular weight is 259 g/mol. The topological polar surface area (TPSA) is 67.1 Å². The summed E-state index contributed by atoms with van der Waals surface area (Å²) in [5.41, 5.74) is 7.05. The number of anilines is 2. The molecular weight excluding hydrogens is 238 g/mol. The van der Waals surface area contributed by atoms with Crippen LogP contribution >= 0.6 is 0 Å². The third kappa shape index (κ3) is 1.96. The van der Waals surface area contributed by atoms with Crippen LogP contribution in [0.15, 0.2) is 6.07 Å². The van der Waals surface area contributed by atoms with Crippen molar-refractivity contribution in [3.05, 3.63) is 11.8 Å². The fraction of sp³-hybridized carbons (Fsp3) is 0.714. The van der Waals surface area contributed by atoms with Gasteiger partial charge in [-0.2, -0.15) is 4.98 Å². The lowest BCUT2D eigenvalue weighted by Gasteiger charge is -2.26. The van der Waals surface area contributed by atoms with Crippen molar-refractivity contribution >= 4 is 11.8 Å². The van der Waals surface area contributed by atoms with Crippen molar-refractivity contribution in [2.45, 2.75) is 25.2 Å². The lowest BCUT2D eigenvalue weighted by atomic mass is 9.83. The maximum atomic E-state index is 5.90. The summed E-state index contributed by atoms with van der Waals surface area (Å²) < 4.78 is 0. The Bertz CT molecular complexity index is 473. The minimum atomic E-state index is 0.439. The van der Waals surface area contributed by atoms with Gasteiger partial charge >= 0.3 is 0 Å². The van der Waals surface area contributed by atoms with Crippen LogP contribution in [0.4, 0.5) is 11.8 Å². The van der Waals surface area contributed by atoms with Gasteiger partial charge in [-0.15, -0.1) is 0 Å². The highest BCUT2D eigenvalue weighted by Gasteiger charge is 2.37. The largest absolute Gasteiger partial charge is 0.368 e. The Morgan fingerprint density at radius 2 is 1.89 bits per heavy atom. The molecule has 2 atom stereocenters. The first-order valence-electron chi connectivity index (χ1n) is 7.40. The summed E-state index contributed by atoms with van der Waals surface area (Å²) in [7, 11) is 0. The molecule has 0 spiro atoms. The van der Waals surface area contributed by atoms with Crippen LogP contribution in [0.3, 0.4) is 0 Å². The monoisotopic (exact) mass is 259 g/mol. The molecule has 0 amide bonds. The summed E-state index contributed by atoms with van der Waals surface area (Å²) in [4.78, 5) is 11.3. The third-order valence-electron chi connectivity index (χ3n) is 4.99. The van der Waals surface area contributed by atoms with Gasteiger partial charge in [0.1, 0.15) is 5.82 Å². The summed E-state index contributed by atoms with van der Waals surface area (Å²) in [6.07, 6.45) is 3.83. The van der Waals surface area contributed by atoms with Crippen molar-refractivity contribution in [2.75, 3.05) is 36.8 Å². The van der Waals surface area contributed by atoms with E-state index in [4.69, 9.17) is 5.73 Å². The fourth-order valence-electron chi connectivity index (χ4n) is 3.59. The number of nitrogens with two attached hydrogens (primary N) is 1. The predicted octanol–water partition coefficient (Wildman–Crippen LogP) is 0.982. The molecule has 2 aliphatic heterocycles. The van der Waals surface area contributed by atoms with Gasteiger partial charge in [0.15, 0.2) is 0 Å². The summed E-state index contributed by atoms with van der Waals surface area (Å²) >= 11 is 0. The fourth-order valence-corrected chi connectivity index (χ4v) is 3.59. The average Bonchev–Trinajstić information content (AvgIpc) is 2.85. The van der Waals surface area contributed by atoms with Crippen LogP contribution in [-0.2, 0) is 0 Å². The summed E-state index contributed by atoms with van der Waals surface area (Å²) in [5, 5.41) is 3.47. The first-order chi connectivity index (χ1) is 9.29. The number of hydrogen-bond acceptors (Lipinski definition) is 5. The van der Waals surface area contributed by atoms with Gasteiger partial charge in [-0.25, -0.2) is 4.98 Å². The summed E-state index contributed by atoms with van der Waals surface area (Å²) in [5.74, 6) is 3.66. The molecule has 3 aliphatic rings. The first kappa shape index (κ1) is 11.5. The molecule has 1 aromatic heterocycles. The van der Waals surface area contributed by atoms with E-state index in [-0.39, 0.29) is 0 Å². The van der Waals surface area contributed by atoms with Crippen LogP contribution in [0, 0.1) is 11.8 Å². The van der Waals surface area contributed by atoms with E-state index >= 15 is 0 Å². The maximum Gasteiger partial charge on any atom is 0.222 e. The molecule has 102 valence electrons. The first-order valence-corrected chi connectivity index (χ1v) is 7.40. The summed E-state index contributed by atoms with van der Waals surface area (Å²) in [6, 6.07) is 2.18. The molecule has 5 heteroatoms. The zero-order chi connectivity index (χ0) is 12.8. The zero-order valence-electron chi connectivity index (χ0n) is 11.2. The molecule has 0 unspecified atom stereocenters. The van der Waals surface area contributed by atoms with Gasteiger partial charge < -0.3 is 16.0 Å². The molecule has 19 heavy (non-hydrogen) atoms. The molecule has 1 aromatic rings. The zero-order valence-corrected chi connectivity index (χ0v) is 11.2. The molecule has 0 aromatic carbocycles. The van der Waals surface area contributed by atoms with Crippen LogP contribution in [0.1, 0.15) is 30.9 Å². The Balaban J connectivity index is 1.58. The Kier molecular flexibility index (Phi) is 2.62. The van der Waals surface area contributed by atoms with E-state index in [1.807, 2.05) is 0 Å². The van der Waals surface area contributed by atoms with E-state index < -0.39 is 0 Å². The highest BCUT2D eigenvalue weighted by atomic mass is 15.2. The normalized spacial score (nSPS) is 30.4. The van der Waals surface area contributed by atoms with E-state index in [0.717, 1.165) is 49.5 Å². The highest BCUT2D eigenvalue weighted by Crippen LogP contribution is 2.37. The SMILES string of the molecule is Nc1nc(C2CCC2)cc(N2C[C@H]3CNC[C@H]3C2)n1. The predicted molar refractivity (Wildman–Crippen MR) is 75.1 cm³/mol. The molecular formula is C14H21N5. The molecule has 5 nitrogen and oxygen atoms in total. The van der Waals surface area contributed by atoms with Crippen LogP contribution < -0.4 is 16.0 Å². The Labute approximate surface area is 113 Å². The van der Waals surface area contributed by atoms with Crippen molar-refractivity contribution in [2.24, 2.45) is 11.8 Å². The molecule has 1 aliphatic carbocycles. The van der Waals surface area contributed by atoms with E-state index in [1.54, 1.807) is 0 Å². The van der Waals surface area contributed by atoms with Crippen molar-refractivity contribution < 1.29 is 0 Å². The van der Waals surface area contributed by atoms with Crippen molar-refractivity contribution in [3.8, 4) is 0 Å². The van der Waals surface area contributed by atoms with Crippen LogP contribution in [0.2, 0.25) is 0 Å². The molecule has 3 N–H and O–H groups in total. The standard InChI is InChI=1S/C14H21N5/c15-14-17-12(9-2-1-3-9)4-13(18-14)19-7-10-5-16-6-11(10)8-19/h4,9-11,16H,1-3,5-8H2,(H2,15,17,18)/t10-,11+. The van der Waals surface area contributed by atoms with Crippen molar-refractivity contribution in [3.63, 3.8) is 0 Å². The van der Waals surface area contributed by atoms with E-state index in [2.05, 4.69) is 26.3 Å². The molecule has 1 saturated carbocycles. The van der Waals surface area contributed by atoms with Gasteiger partial charge in [-0.1, -0.05) is 6.42 Å². The number of nitrogens with one attached hydrogen (secondary N) is 1.